The Balaban J connectivity index is 1.31. The van der Waals surface area contributed by atoms with Crippen LogP contribution in [0.1, 0.15) is 34.5 Å². The maximum atomic E-state index is 12.9. The predicted octanol–water partition coefficient (Wildman–Crippen LogP) is 4.07. The van der Waals surface area contributed by atoms with Crippen molar-refractivity contribution in [3.63, 3.8) is 0 Å². The van der Waals surface area contributed by atoms with Crippen molar-refractivity contribution >= 4 is 5.91 Å². The molecule has 2 aromatic carbocycles. The number of benzene rings is 2. The van der Waals surface area contributed by atoms with Crippen LogP contribution in [-0.2, 0) is 17.8 Å². The fraction of sp³-hybridized carbons (Fsp3) is 0.385. The summed E-state index contributed by atoms with van der Waals surface area (Å²) in [5.74, 6) is 0.252. The molecule has 0 unspecified atom stereocenters. The normalized spacial score (nSPS) is 14.7. The lowest BCUT2D eigenvalue weighted by Crippen LogP contribution is -2.48. The molecule has 3 aromatic rings. The molecule has 0 saturated carbocycles. The lowest BCUT2D eigenvalue weighted by molar-refractivity contribution is -0.133. The SMILES string of the molecule is Cc1ccccc1CN1CCN(C(=O)CCc2c(C)nn(-c3ccccc3)c2C)CC1. The van der Waals surface area contributed by atoms with Crippen LogP contribution in [0.25, 0.3) is 5.69 Å². The van der Waals surface area contributed by atoms with Crippen LogP contribution in [0.15, 0.2) is 54.6 Å². The Morgan fingerprint density at radius 1 is 0.903 bits per heavy atom. The predicted molar refractivity (Wildman–Crippen MR) is 124 cm³/mol. The van der Waals surface area contributed by atoms with E-state index >= 15 is 0 Å². The Hall–Kier alpha value is -2.92. The first kappa shape index (κ1) is 21.3. The molecule has 0 bridgehead atoms. The van der Waals surface area contributed by atoms with E-state index in [-0.39, 0.29) is 5.91 Å². The zero-order valence-electron chi connectivity index (χ0n) is 18.8. The standard InChI is InChI=1S/C26H32N4O/c1-20-9-7-8-10-23(20)19-28-15-17-29(18-16-28)26(31)14-13-25-21(2)27-30(22(25)3)24-11-5-4-6-12-24/h4-12H,13-19H2,1-3H3. The number of nitrogens with zero attached hydrogens (tertiary/aromatic N) is 4. The van der Waals surface area contributed by atoms with Crippen molar-refractivity contribution in [2.24, 2.45) is 0 Å². The minimum atomic E-state index is 0.252. The molecule has 4 rings (SSSR count). The molecule has 0 atom stereocenters. The minimum Gasteiger partial charge on any atom is -0.340 e. The Morgan fingerprint density at radius 2 is 1.58 bits per heavy atom. The fourth-order valence-corrected chi connectivity index (χ4v) is 4.43. The van der Waals surface area contributed by atoms with Crippen LogP contribution in [0, 0.1) is 20.8 Å². The summed E-state index contributed by atoms with van der Waals surface area (Å²) in [4.78, 5) is 17.3. The van der Waals surface area contributed by atoms with Crippen LogP contribution in [-0.4, -0.2) is 51.7 Å². The molecule has 162 valence electrons. The van der Waals surface area contributed by atoms with Gasteiger partial charge in [0.1, 0.15) is 0 Å². The summed E-state index contributed by atoms with van der Waals surface area (Å²) in [6.07, 6.45) is 1.28. The van der Waals surface area contributed by atoms with Crippen molar-refractivity contribution in [2.75, 3.05) is 26.2 Å². The van der Waals surface area contributed by atoms with E-state index in [1.54, 1.807) is 0 Å². The second kappa shape index (κ2) is 9.48. The number of carbonyl (C=O) groups excluding carboxylic acids is 1. The van der Waals surface area contributed by atoms with Gasteiger partial charge in [0.2, 0.25) is 5.91 Å². The van der Waals surface area contributed by atoms with Crippen molar-refractivity contribution < 1.29 is 4.79 Å². The number of aromatic nitrogens is 2. The highest BCUT2D eigenvalue weighted by Gasteiger charge is 2.22. The zero-order chi connectivity index (χ0) is 21.8. The van der Waals surface area contributed by atoms with Crippen molar-refractivity contribution in [1.29, 1.82) is 0 Å². The smallest absolute Gasteiger partial charge is 0.222 e. The van der Waals surface area contributed by atoms with Gasteiger partial charge in [-0.25, -0.2) is 4.68 Å². The molecule has 0 spiro atoms. The lowest BCUT2D eigenvalue weighted by Gasteiger charge is -2.35. The third-order valence-corrected chi connectivity index (χ3v) is 6.41. The summed E-state index contributed by atoms with van der Waals surface area (Å²) in [6, 6.07) is 18.7. The molecule has 5 nitrogen and oxygen atoms in total. The molecular weight excluding hydrogens is 384 g/mol. The number of carbonyl (C=O) groups is 1. The second-order valence-electron chi connectivity index (χ2n) is 8.48. The van der Waals surface area contributed by atoms with Crippen molar-refractivity contribution in [2.45, 2.75) is 40.2 Å². The first-order chi connectivity index (χ1) is 15.0. The highest BCUT2D eigenvalue weighted by molar-refractivity contribution is 5.76. The van der Waals surface area contributed by atoms with Gasteiger partial charge in [-0.3, -0.25) is 9.69 Å². The van der Waals surface area contributed by atoms with Crippen LogP contribution in [0.3, 0.4) is 0 Å². The van der Waals surface area contributed by atoms with Crippen LogP contribution in [0.2, 0.25) is 0 Å². The lowest BCUT2D eigenvalue weighted by atomic mass is 10.1. The Labute approximate surface area is 185 Å². The number of para-hydroxylation sites is 1. The van der Waals surface area contributed by atoms with Crippen molar-refractivity contribution in [3.05, 3.63) is 82.7 Å². The van der Waals surface area contributed by atoms with Gasteiger partial charge in [-0.15, -0.1) is 0 Å². The number of amides is 1. The summed E-state index contributed by atoms with van der Waals surface area (Å²) in [5.41, 5.74) is 7.10. The topological polar surface area (TPSA) is 41.4 Å². The van der Waals surface area contributed by atoms with Crippen LogP contribution < -0.4 is 0 Å². The van der Waals surface area contributed by atoms with Gasteiger partial charge in [0.15, 0.2) is 0 Å². The highest BCUT2D eigenvalue weighted by Crippen LogP contribution is 2.20. The molecule has 1 aliphatic heterocycles. The van der Waals surface area contributed by atoms with Crippen LogP contribution in [0.5, 0.6) is 0 Å². The van der Waals surface area contributed by atoms with Gasteiger partial charge in [0.05, 0.1) is 11.4 Å². The highest BCUT2D eigenvalue weighted by atomic mass is 16.2. The third kappa shape index (κ3) is 4.88. The number of piperazine rings is 1. The van der Waals surface area contributed by atoms with E-state index in [2.05, 4.69) is 55.1 Å². The maximum Gasteiger partial charge on any atom is 0.222 e. The third-order valence-electron chi connectivity index (χ3n) is 6.41. The van der Waals surface area contributed by atoms with Crippen molar-refractivity contribution in [3.8, 4) is 5.69 Å². The van der Waals surface area contributed by atoms with Gasteiger partial charge in [-0.1, -0.05) is 42.5 Å². The summed E-state index contributed by atoms with van der Waals surface area (Å²) >= 11 is 0. The van der Waals surface area contributed by atoms with Crippen LogP contribution >= 0.6 is 0 Å². The quantitative estimate of drug-likeness (QED) is 0.608. The zero-order valence-corrected chi connectivity index (χ0v) is 18.8. The molecule has 1 amide bonds. The maximum absolute atomic E-state index is 12.9. The van der Waals surface area contributed by atoms with E-state index in [1.807, 2.05) is 34.7 Å². The molecule has 5 heteroatoms. The average molecular weight is 417 g/mol. The number of hydrogen-bond donors (Lipinski definition) is 0. The van der Waals surface area contributed by atoms with Gasteiger partial charge >= 0.3 is 0 Å². The van der Waals surface area contributed by atoms with Crippen LogP contribution in [0.4, 0.5) is 0 Å². The second-order valence-corrected chi connectivity index (χ2v) is 8.48. The van der Waals surface area contributed by atoms with E-state index in [4.69, 9.17) is 5.10 Å². The first-order valence-electron chi connectivity index (χ1n) is 11.2. The van der Waals surface area contributed by atoms with Gasteiger partial charge < -0.3 is 4.90 Å². The van der Waals surface area contributed by atoms with Crippen molar-refractivity contribution in [1.82, 2.24) is 19.6 Å². The molecule has 0 radical (unpaired) electrons. The minimum absolute atomic E-state index is 0.252. The summed E-state index contributed by atoms with van der Waals surface area (Å²) in [5, 5.41) is 4.71. The summed E-state index contributed by atoms with van der Waals surface area (Å²) in [7, 11) is 0. The molecule has 31 heavy (non-hydrogen) atoms. The molecule has 1 saturated heterocycles. The fourth-order valence-electron chi connectivity index (χ4n) is 4.43. The van der Waals surface area contributed by atoms with E-state index in [0.29, 0.717) is 6.42 Å². The number of rotatable bonds is 6. The molecule has 0 aliphatic carbocycles. The van der Waals surface area contributed by atoms with Gasteiger partial charge in [-0.2, -0.15) is 5.10 Å². The summed E-state index contributed by atoms with van der Waals surface area (Å²) < 4.78 is 1.99. The number of aryl methyl sites for hydroxylation is 2. The van der Waals surface area contributed by atoms with Gasteiger partial charge in [0, 0.05) is 44.8 Å². The molecule has 1 aliphatic rings. The Bertz CT molecular complexity index is 1030. The van der Waals surface area contributed by atoms with Gasteiger partial charge in [0.25, 0.3) is 0 Å². The Morgan fingerprint density at radius 3 is 2.29 bits per heavy atom. The molecule has 1 aromatic heterocycles. The summed E-state index contributed by atoms with van der Waals surface area (Å²) in [6.45, 7) is 10.8. The largest absolute Gasteiger partial charge is 0.340 e. The monoisotopic (exact) mass is 416 g/mol. The molecular formula is C26H32N4O. The van der Waals surface area contributed by atoms with Gasteiger partial charge in [-0.05, 0) is 56.0 Å². The molecule has 2 heterocycles. The van der Waals surface area contributed by atoms with E-state index in [1.165, 1.54) is 16.7 Å². The first-order valence-corrected chi connectivity index (χ1v) is 11.2. The Kier molecular flexibility index (Phi) is 6.52. The molecule has 1 fully saturated rings. The average Bonchev–Trinajstić information content (AvgIpc) is 3.08. The van der Waals surface area contributed by atoms with E-state index in [9.17, 15) is 4.79 Å². The van der Waals surface area contributed by atoms with E-state index in [0.717, 1.165) is 56.2 Å². The van der Waals surface area contributed by atoms with E-state index < -0.39 is 0 Å². The molecule has 0 N–H and O–H groups in total. The number of hydrogen-bond acceptors (Lipinski definition) is 3.